The second-order valence-corrected chi connectivity index (χ2v) is 19.4. The molecule has 430 valence electrons. The summed E-state index contributed by atoms with van der Waals surface area (Å²) < 4.78 is 0. The number of aromatic amines is 1. The second-order valence-electron chi connectivity index (χ2n) is 19.4. The van der Waals surface area contributed by atoms with Crippen LogP contribution in [0.5, 0.6) is 0 Å². The van der Waals surface area contributed by atoms with Gasteiger partial charge in [-0.15, -0.1) is 0 Å². The quantitative estimate of drug-likeness (QED) is 0.0266. The van der Waals surface area contributed by atoms with E-state index in [0.29, 0.717) is 11.1 Å². The van der Waals surface area contributed by atoms with Crippen molar-refractivity contribution in [1.29, 1.82) is 0 Å². The molecular formula is C54H75N17O9. The molecule has 4 aromatic rings. The van der Waals surface area contributed by atoms with E-state index in [4.69, 9.17) is 34.4 Å². The lowest BCUT2D eigenvalue weighted by atomic mass is 9.99. The summed E-state index contributed by atoms with van der Waals surface area (Å²) in [7, 11) is 0. The monoisotopic (exact) mass is 1110 g/mol. The largest absolute Gasteiger partial charge is 0.370 e. The molecule has 0 bridgehead atoms. The average molecular weight is 1110 g/mol. The van der Waals surface area contributed by atoms with E-state index in [1.54, 1.807) is 18.3 Å². The molecule has 7 atom stereocenters. The minimum atomic E-state index is -1.48. The highest BCUT2D eigenvalue weighted by Gasteiger charge is 2.35. The molecule has 26 heteroatoms. The van der Waals surface area contributed by atoms with Crippen molar-refractivity contribution in [3.05, 3.63) is 96.2 Å². The lowest BCUT2D eigenvalue weighted by molar-refractivity contribution is -0.136. The summed E-state index contributed by atoms with van der Waals surface area (Å²) in [5, 5.41) is 22.2. The van der Waals surface area contributed by atoms with Gasteiger partial charge in [-0.05, 0) is 86.2 Å². The van der Waals surface area contributed by atoms with Gasteiger partial charge in [-0.3, -0.25) is 53.1 Å². The van der Waals surface area contributed by atoms with Crippen LogP contribution in [0.2, 0.25) is 0 Å². The van der Waals surface area contributed by atoms with Gasteiger partial charge in [0.15, 0.2) is 11.9 Å². The third-order valence-electron chi connectivity index (χ3n) is 13.1. The summed E-state index contributed by atoms with van der Waals surface area (Å²) in [6, 6.07) is 14.5. The third-order valence-corrected chi connectivity index (χ3v) is 13.1. The number of primary amides is 1. The van der Waals surface area contributed by atoms with Crippen LogP contribution in [0, 0.1) is 0 Å². The molecule has 80 heavy (non-hydrogen) atoms. The molecule has 5 rings (SSSR count). The number of H-pyrrole nitrogens is 1. The number of nitrogens with one attached hydrogen (secondary N) is 9. The number of carbonyl (C=O) groups excluding carboxylic acids is 9. The van der Waals surface area contributed by atoms with Gasteiger partial charge in [0.2, 0.25) is 53.2 Å². The molecule has 1 aliphatic rings. The number of guanidine groups is 2. The van der Waals surface area contributed by atoms with Crippen LogP contribution in [-0.4, -0.2) is 139 Å². The van der Waals surface area contributed by atoms with E-state index in [9.17, 15) is 43.2 Å². The van der Waals surface area contributed by atoms with Crippen LogP contribution in [0.1, 0.15) is 75.8 Å². The van der Waals surface area contributed by atoms with Crippen molar-refractivity contribution >= 4 is 76.0 Å². The fourth-order valence-electron chi connectivity index (χ4n) is 8.95. The first-order valence-corrected chi connectivity index (χ1v) is 26.5. The number of rotatable bonds is 19. The van der Waals surface area contributed by atoms with Gasteiger partial charge in [-0.1, -0.05) is 72.8 Å². The van der Waals surface area contributed by atoms with Crippen molar-refractivity contribution in [2.45, 2.75) is 120 Å². The second kappa shape index (κ2) is 31.4. The number of fused-ring (bicyclic) bond motifs is 1. The van der Waals surface area contributed by atoms with Gasteiger partial charge < -0.3 is 81.9 Å². The number of aromatic nitrogens is 1. The number of amides is 9. The molecule has 0 saturated carbocycles. The fourth-order valence-corrected chi connectivity index (χ4v) is 8.95. The zero-order chi connectivity index (χ0) is 58.1. The number of para-hydroxylation sites is 1. The van der Waals surface area contributed by atoms with Crippen LogP contribution in [0.15, 0.2) is 95.0 Å². The molecule has 0 spiro atoms. The highest BCUT2D eigenvalue weighted by molar-refractivity contribution is 5.98. The Bertz CT molecular complexity index is 2830. The highest BCUT2D eigenvalue weighted by atomic mass is 16.2. The Labute approximate surface area is 463 Å². The minimum absolute atomic E-state index is 0.0179. The predicted molar refractivity (Wildman–Crippen MR) is 301 cm³/mol. The van der Waals surface area contributed by atoms with E-state index >= 15 is 0 Å². The maximum atomic E-state index is 14.8. The number of benzene rings is 3. The molecule has 1 saturated heterocycles. The minimum Gasteiger partial charge on any atom is -0.370 e. The van der Waals surface area contributed by atoms with Crippen molar-refractivity contribution in [3.63, 3.8) is 0 Å². The number of nitrogens with two attached hydrogens (primary N) is 6. The number of hydrogen-bond donors (Lipinski definition) is 15. The van der Waals surface area contributed by atoms with E-state index in [1.165, 1.54) is 6.92 Å². The molecule has 3 aromatic carbocycles. The Balaban J connectivity index is 1.55. The Kier molecular flexibility index (Phi) is 24.2. The predicted octanol–water partition coefficient (Wildman–Crippen LogP) is -2.33. The summed E-state index contributed by atoms with van der Waals surface area (Å²) in [6.07, 6.45) is 1.09. The molecule has 1 aromatic heterocycles. The van der Waals surface area contributed by atoms with Gasteiger partial charge in [0.05, 0.1) is 0 Å². The number of nitrogens with zero attached hydrogens (tertiary/aromatic N) is 2. The van der Waals surface area contributed by atoms with Crippen LogP contribution >= 0.6 is 0 Å². The summed E-state index contributed by atoms with van der Waals surface area (Å²) in [5.74, 6) is -7.40. The molecule has 1 fully saturated rings. The fraction of sp³-hybridized carbons (Fsp3) is 0.426. The van der Waals surface area contributed by atoms with Crippen molar-refractivity contribution in [1.82, 2.24) is 47.5 Å². The number of carbonyl (C=O) groups is 9. The molecule has 21 N–H and O–H groups in total. The van der Waals surface area contributed by atoms with E-state index < -0.39 is 95.5 Å². The van der Waals surface area contributed by atoms with E-state index in [0.717, 1.165) is 22.0 Å². The van der Waals surface area contributed by atoms with Gasteiger partial charge in [0, 0.05) is 62.9 Å². The number of aliphatic imine (C=N–C) groups is 2. The molecule has 2 unspecified atom stereocenters. The summed E-state index contributed by atoms with van der Waals surface area (Å²) in [5.41, 5.74) is 37.7. The van der Waals surface area contributed by atoms with Crippen LogP contribution < -0.4 is 76.9 Å². The SMILES string of the molecule is CC(=O)N[C@@H](CCCN=C(N)N)C(=O)N[C@H]1CCC(=O)NCCCC(C(N)=O)NC(=O)[C@H](Cc2c[nH]c3ccccc23)NC(=O)[C@H](CCCN=C(N)N)NC(=O)C(Cc2ccc(-c3ccccc3)cc2)NC(=O)[C@H](CCN)NC1=O. The van der Waals surface area contributed by atoms with E-state index in [2.05, 4.69) is 57.5 Å². The first-order valence-electron chi connectivity index (χ1n) is 26.5. The third kappa shape index (κ3) is 20.1. The Hall–Kier alpha value is -9.07. The van der Waals surface area contributed by atoms with Crippen LogP contribution in [0.25, 0.3) is 22.0 Å². The van der Waals surface area contributed by atoms with Crippen molar-refractivity contribution in [2.75, 3.05) is 26.2 Å². The van der Waals surface area contributed by atoms with Crippen LogP contribution in [0.3, 0.4) is 0 Å². The topological polar surface area (TPSA) is 446 Å². The Morgan fingerprint density at radius 3 is 1.88 bits per heavy atom. The molecule has 9 amide bonds. The Morgan fingerprint density at radius 2 is 1.23 bits per heavy atom. The normalized spacial score (nSPS) is 20.5. The van der Waals surface area contributed by atoms with E-state index in [-0.39, 0.29) is 109 Å². The molecule has 26 nitrogen and oxygen atoms in total. The first kappa shape index (κ1) is 61.8. The molecule has 0 radical (unpaired) electrons. The molecule has 2 heterocycles. The van der Waals surface area contributed by atoms with Gasteiger partial charge >= 0.3 is 0 Å². The van der Waals surface area contributed by atoms with Crippen molar-refractivity contribution < 1.29 is 43.2 Å². The van der Waals surface area contributed by atoms with Gasteiger partial charge in [-0.2, -0.15) is 0 Å². The zero-order valence-electron chi connectivity index (χ0n) is 44.8. The maximum absolute atomic E-state index is 14.8. The Morgan fingerprint density at radius 1 is 0.650 bits per heavy atom. The summed E-state index contributed by atoms with van der Waals surface area (Å²) >= 11 is 0. The summed E-state index contributed by atoms with van der Waals surface area (Å²) in [4.78, 5) is 136. The standard InChI is InChI=1S/C54H75N17O9/c1-31(72)65-39(15-8-26-62-53(57)58)47(75)68-41-21-22-45(73)61-25-7-14-38(46(56)74)66-52(80)44(29-35-30-64-37-13-6-5-12-36(35)37)71-48(76)40(16-9-27-63-54(59)60)67-51(79)43(70-50(78)42(23-24-55)69-49(41)77)28-32-17-19-34(20-18-32)33-10-3-2-4-11-33/h2-6,10-13,17-20,30,38-44,64H,7-9,14-16,21-29,55H2,1H3,(H2,56,74)(H,61,73)(H,65,72)(H,66,80)(H,67,79)(H,68,75)(H,69,77)(H,70,78)(H,71,76)(H4,57,58,62)(H4,59,60,63)/t38?,39-,40-,41-,42-,43?,44-/m0/s1. The first-order chi connectivity index (χ1) is 38.3. The smallest absolute Gasteiger partial charge is 0.243 e. The van der Waals surface area contributed by atoms with Crippen molar-refractivity contribution in [3.8, 4) is 11.1 Å². The average Bonchev–Trinajstić information content (AvgIpc) is 3.86. The molecule has 0 aliphatic carbocycles. The number of hydrogen-bond acceptors (Lipinski definition) is 12. The maximum Gasteiger partial charge on any atom is 0.243 e. The lowest BCUT2D eigenvalue weighted by Gasteiger charge is -2.28. The zero-order valence-corrected chi connectivity index (χ0v) is 44.8. The molecular weight excluding hydrogens is 1030 g/mol. The van der Waals surface area contributed by atoms with Crippen LogP contribution in [0.4, 0.5) is 0 Å². The van der Waals surface area contributed by atoms with Gasteiger partial charge in [0.1, 0.15) is 42.3 Å². The van der Waals surface area contributed by atoms with Crippen molar-refractivity contribution in [2.24, 2.45) is 44.4 Å². The summed E-state index contributed by atoms with van der Waals surface area (Å²) in [6.45, 7) is 1.21. The van der Waals surface area contributed by atoms with E-state index in [1.807, 2.05) is 66.7 Å². The highest BCUT2D eigenvalue weighted by Crippen LogP contribution is 2.22. The van der Waals surface area contributed by atoms with Gasteiger partial charge in [-0.25, -0.2) is 0 Å². The van der Waals surface area contributed by atoms with Crippen LogP contribution in [-0.2, 0) is 56.0 Å². The molecule has 1 aliphatic heterocycles. The lowest BCUT2D eigenvalue weighted by Crippen LogP contribution is -2.60. The van der Waals surface area contributed by atoms with Gasteiger partial charge in [0.25, 0.3) is 0 Å².